The van der Waals surface area contributed by atoms with Gasteiger partial charge in [-0.3, -0.25) is 4.90 Å². The molecule has 2 fully saturated rings. The molecular formula is C12H23N5O2. The normalized spacial score (nSPS) is 22.8. The van der Waals surface area contributed by atoms with Crippen molar-refractivity contribution in [3.63, 3.8) is 0 Å². The Hall–Kier alpha value is -1.50. The standard InChI is InChI=1S/C12H23N5O2/c13-11(16-19)8-17-6-4-10(5-7-17)15-12(18)14-9-2-1-3-9/h9-10,19H,1-8H2,(H2,13,16)(H2,14,15,18). The van der Waals surface area contributed by atoms with Gasteiger partial charge in [0.1, 0.15) is 0 Å². The number of amidine groups is 1. The summed E-state index contributed by atoms with van der Waals surface area (Å²) in [7, 11) is 0. The first-order valence-electron chi connectivity index (χ1n) is 6.93. The van der Waals surface area contributed by atoms with E-state index in [1.54, 1.807) is 0 Å². The first-order valence-corrected chi connectivity index (χ1v) is 6.93. The van der Waals surface area contributed by atoms with Gasteiger partial charge in [-0.15, -0.1) is 0 Å². The Morgan fingerprint density at radius 1 is 1.21 bits per heavy atom. The van der Waals surface area contributed by atoms with Crippen molar-refractivity contribution in [1.82, 2.24) is 15.5 Å². The highest BCUT2D eigenvalue weighted by molar-refractivity contribution is 5.81. The average Bonchev–Trinajstić information content (AvgIpc) is 2.36. The Morgan fingerprint density at radius 2 is 1.79 bits per heavy atom. The Balaban J connectivity index is 1.63. The number of piperidine rings is 1. The molecule has 5 N–H and O–H groups in total. The first-order chi connectivity index (χ1) is 9.17. The van der Waals surface area contributed by atoms with Gasteiger partial charge in [0.15, 0.2) is 5.84 Å². The van der Waals surface area contributed by atoms with Crippen LogP contribution < -0.4 is 16.4 Å². The smallest absolute Gasteiger partial charge is 0.315 e. The van der Waals surface area contributed by atoms with Crippen LogP contribution in [0.25, 0.3) is 0 Å². The van der Waals surface area contributed by atoms with Gasteiger partial charge in [-0.05, 0) is 32.1 Å². The molecule has 2 aliphatic rings. The van der Waals surface area contributed by atoms with Gasteiger partial charge in [0.2, 0.25) is 0 Å². The lowest BCUT2D eigenvalue weighted by Crippen LogP contribution is -2.52. The average molecular weight is 269 g/mol. The summed E-state index contributed by atoms with van der Waals surface area (Å²) in [4.78, 5) is 13.8. The van der Waals surface area contributed by atoms with Crippen molar-refractivity contribution in [2.45, 2.75) is 44.2 Å². The van der Waals surface area contributed by atoms with Crippen LogP contribution in [0.3, 0.4) is 0 Å². The molecule has 0 aromatic rings. The summed E-state index contributed by atoms with van der Waals surface area (Å²) in [5, 5.41) is 17.5. The molecule has 0 bridgehead atoms. The zero-order valence-corrected chi connectivity index (χ0v) is 11.1. The van der Waals surface area contributed by atoms with Crippen molar-refractivity contribution in [1.29, 1.82) is 0 Å². The molecule has 0 radical (unpaired) electrons. The molecule has 0 spiro atoms. The number of urea groups is 1. The lowest BCUT2D eigenvalue weighted by atomic mass is 9.93. The van der Waals surface area contributed by atoms with Crippen LogP contribution in [0.4, 0.5) is 4.79 Å². The summed E-state index contributed by atoms with van der Waals surface area (Å²) in [6, 6.07) is 0.559. The van der Waals surface area contributed by atoms with E-state index in [4.69, 9.17) is 10.9 Å². The third-order valence-corrected chi connectivity index (χ3v) is 3.88. The highest BCUT2D eigenvalue weighted by atomic mass is 16.4. The maximum atomic E-state index is 11.7. The lowest BCUT2D eigenvalue weighted by Gasteiger charge is -2.33. The van der Waals surface area contributed by atoms with E-state index in [9.17, 15) is 4.79 Å². The van der Waals surface area contributed by atoms with Crippen LogP contribution in [0, 0.1) is 0 Å². The topological polar surface area (TPSA) is 103 Å². The maximum Gasteiger partial charge on any atom is 0.315 e. The number of carbonyl (C=O) groups is 1. The van der Waals surface area contributed by atoms with Crippen molar-refractivity contribution >= 4 is 11.9 Å². The Labute approximate surface area is 113 Å². The number of oxime groups is 1. The second-order valence-corrected chi connectivity index (χ2v) is 5.39. The van der Waals surface area contributed by atoms with Crippen molar-refractivity contribution in [2.24, 2.45) is 10.9 Å². The number of rotatable bonds is 4. The van der Waals surface area contributed by atoms with Gasteiger partial charge in [-0.2, -0.15) is 0 Å². The molecule has 1 saturated carbocycles. The van der Waals surface area contributed by atoms with Crippen molar-refractivity contribution in [2.75, 3.05) is 19.6 Å². The van der Waals surface area contributed by atoms with E-state index >= 15 is 0 Å². The molecular weight excluding hydrogens is 246 g/mol. The van der Waals surface area contributed by atoms with Crippen LogP contribution in [-0.4, -0.2) is 53.7 Å². The molecule has 0 aromatic carbocycles. The molecule has 1 aliphatic heterocycles. The van der Waals surface area contributed by atoms with E-state index in [2.05, 4.69) is 20.7 Å². The molecule has 1 heterocycles. The van der Waals surface area contributed by atoms with Crippen LogP contribution in [0.1, 0.15) is 32.1 Å². The van der Waals surface area contributed by atoms with Gasteiger partial charge in [-0.1, -0.05) is 5.16 Å². The van der Waals surface area contributed by atoms with Gasteiger partial charge >= 0.3 is 6.03 Å². The highest BCUT2D eigenvalue weighted by Crippen LogP contribution is 2.18. The summed E-state index contributed by atoms with van der Waals surface area (Å²) in [6.07, 6.45) is 5.22. The fraction of sp³-hybridized carbons (Fsp3) is 0.833. The van der Waals surface area contributed by atoms with E-state index in [1.165, 1.54) is 6.42 Å². The fourth-order valence-electron chi connectivity index (χ4n) is 2.46. The molecule has 1 saturated heterocycles. The predicted molar refractivity (Wildman–Crippen MR) is 72.2 cm³/mol. The van der Waals surface area contributed by atoms with E-state index in [-0.39, 0.29) is 17.9 Å². The minimum atomic E-state index is -0.0421. The van der Waals surface area contributed by atoms with Crippen molar-refractivity contribution in [3.8, 4) is 0 Å². The number of hydrogen-bond donors (Lipinski definition) is 4. The predicted octanol–water partition coefficient (Wildman–Crippen LogP) is 0.0489. The number of hydrogen-bond acceptors (Lipinski definition) is 4. The summed E-state index contributed by atoms with van der Waals surface area (Å²) in [6.45, 7) is 2.19. The molecule has 0 aromatic heterocycles. The maximum absolute atomic E-state index is 11.7. The quantitative estimate of drug-likeness (QED) is 0.250. The summed E-state index contributed by atoms with van der Waals surface area (Å²) in [5.74, 6) is 0.231. The molecule has 7 heteroatoms. The number of nitrogens with two attached hydrogens (primary N) is 1. The number of carbonyl (C=O) groups excluding carboxylic acids is 1. The van der Waals surface area contributed by atoms with Crippen LogP contribution in [-0.2, 0) is 0 Å². The molecule has 0 atom stereocenters. The van der Waals surface area contributed by atoms with Crippen molar-refractivity contribution < 1.29 is 10.0 Å². The van der Waals surface area contributed by atoms with Crippen LogP contribution >= 0.6 is 0 Å². The Kier molecular flexibility index (Phi) is 4.84. The van der Waals surface area contributed by atoms with E-state index < -0.39 is 0 Å². The minimum Gasteiger partial charge on any atom is -0.409 e. The van der Waals surface area contributed by atoms with Gasteiger partial charge in [0.25, 0.3) is 0 Å². The molecule has 1 aliphatic carbocycles. The van der Waals surface area contributed by atoms with Crippen LogP contribution in [0.15, 0.2) is 5.16 Å². The monoisotopic (exact) mass is 269 g/mol. The number of likely N-dealkylation sites (tertiary alicyclic amines) is 1. The Morgan fingerprint density at radius 3 is 2.26 bits per heavy atom. The van der Waals surface area contributed by atoms with Gasteiger partial charge in [0.05, 0.1) is 6.54 Å². The molecule has 2 amide bonds. The van der Waals surface area contributed by atoms with Crippen LogP contribution in [0.5, 0.6) is 0 Å². The van der Waals surface area contributed by atoms with Crippen LogP contribution in [0.2, 0.25) is 0 Å². The van der Waals surface area contributed by atoms with E-state index in [0.29, 0.717) is 12.6 Å². The largest absolute Gasteiger partial charge is 0.409 e. The molecule has 19 heavy (non-hydrogen) atoms. The third kappa shape index (κ3) is 4.27. The second kappa shape index (κ2) is 6.60. The molecule has 7 nitrogen and oxygen atoms in total. The Bertz CT molecular complexity index is 335. The van der Waals surface area contributed by atoms with Crippen molar-refractivity contribution in [3.05, 3.63) is 0 Å². The van der Waals surface area contributed by atoms with Gasteiger partial charge in [0, 0.05) is 25.2 Å². The lowest BCUT2D eigenvalue weighted by molar-refractivity contribution is 0.199. The van der Waals surface area contributed by atoms with E-state index in [1.807, 2.05) is 0 Å². The molecule has 108 valence electrons. The SMILES string of the molecule is NC(CN1CCC(NC(=O)NC2CCC2)CC1)=NO. The third-order valence-electron chi connectivity index (χ3n) is 3.88. The number of nitrogens with one attached hydrogen (secondary N) is 2. The zero-order valence-electron chi connectivity index (χ0n) is 11.1. The van der Waals surface area contributed by atoms with Gasteiger partial charge < -0.3 is 21.6 Å². The summed E-state index contributed by atoms with van der Waals surface area (Å²) >= 11 is 0. The minimum absolute atomic E-state index is 0.0421. The molecule has 0 unspecified atom stereocenters. The second-order valence-electron chi connectivity index (χ2n) is 5.39. The zero-order chi connectivity index (χ0) is 13.7. The summed E-state index contributed by atoms with van der Waals surface area (Å²) in [5.41, 5.74) is 5.47. The molecule has 2 rings (SSSR count). The summed E-state index contributed by atoms with van der Waals surface area (Å²) < 4.78 is 0. The fourth-order valence-corrected chi connectivity index (χ4v) is 2.46. The first kappa shape index (κ1) is 13.9. The van der Waals surface area contributed by atoms with E-state index in [0.717, 1.165) is 38.8 Å². The number of amides is 2. The van der Waals surface area contributed by atoms with Gasteiger partial charge in [-0.25, -0.2) is 4.79 Å². The number of nitrogens with zero attached hydrogens (tertiary/aromatic N) is 2. The highest BCUT2D eigenvalue weighted by Gasteiger charge is 2.23.